The van der Waals surface area contributed by atoms with Crippen molar-refractivity contribution in [2.75, 3.05) is 0 Å². The largest absolute Gasteiger partial charge is 0.389 e. The summed E-state index contributed by atoms with van der Waals surface area (Å²) in [6, 6.07) is 22.2. The zero-order chi connectivity index (χ0) is 19.1. The fraction of sp³-hybridized carbons (Fsp3) is 0.520. The number of aliphatic hydroxyl groups is 1. The highest BCUT2D eigenvalue weighted by Crippen LogP contribution is 2.43. The molecule has 2 heteroatoms. The van der Waals surface area contributed by atoms with Gasteiger partial charge in [0.05, 0.1) is 5.60 Å². The van der Waals surface area contributed by atoms with Gasteiger partial charge in [-0.3, -0.25) is 0 Å². The Balaban J connectivity index is 1.89. The Morgan fingerprint density at radius 2 is 1.52 bits per heavy atom. The maximum Gasteiger partial charge on any atom is 0.118 e. The molecule has 0 spiro atoms. The first-order valence-electron chi connectivity index (χ1n) is 10.8. The fourth-order valence-corrected chi connectivity index (χ4v) is 5.05. The van der Waals surface area contributed by atoms with Crippen LogP contribution in [0, 0.1) is 5.92 Å². The molecular weight excluding hydrogens is 330 g/mol. The van der Waals surface area contributed by atoms with Gasteiger partial charge in [-0.1, -0.05) is 100 Å². The van der Waals surface area contributed by atoms with Crippen LogP contribution in [-0.4, -0.2) is 10.7 Å². The molecule has 2 nitrogen and oxygen atoms in total. The second kappa shape index (κ2) is 9.52. The molecule has 1 aliphatic heterocycles. The maximum absolute atomic E-state index is 11.9. The minimum atomic E-state index is -0.585. The number of hydrogen-bond donors (Lipinski definition) is 2. The minimum absolute atomic E-state index is 0.293. The van der Waals surface area contributed by atoms with Gasteiger partial charge in [-0.2, -0.15) is 0 Å². The van der Waals surface area contributed by atoms with Crippen molar-refractivity contribution in [3.8, 4) is 0 Å². The van der Waals surface area contributed by atoms with E-state index in [9.17, 15) is 5.11 Å². The molecule has 0 radical (unpaired) electrons. The first-order chi connectivity index (χ1) is 13.2. The van der Waals surface area contributed by atoms with Crippen LogP contribution in [0.4, 0.5) is 0 Å². The number of nitrogens with two attached hydrogens (primary N) is 1. The average Bonchev–Trinajstić information content (AvgIpc) is 2.72. The van der Waals surface area contributed by atoms with E-state index >= 15 is 0 Å². The molecule has 0 saturated carbocycles. The third-order valence-electron chi connectivity index (χ3n) is 6.45. The molecule has 1 aliphatic rings. The normalized spacial score (nSPS) is 28.2. The molecule has 2 aromatic rings. The lowest BCUT2D eigenvalue weighted by Gasteiger charge is -2.46. The average molecular weight is 367 g/mol. The Kier molecular flexibility index (Phi) is 7.09. The topological polar surface area (TPSA) is 36.8 Å². The van der Waals surface area contributed by atoms with Crippen LogP contribution >= 0.6 is 0 Å². The number of quaternary nitrogens is 1. The lowest BCUT2D eigenvalue weighted by molar-refractivity contribution is -0.757. The molecule has 27 heavy (non-hydrogen) atoms. The molecule has 0 unspecified atom stereocenters. The highest BCUT2D eigenvalue weighted by Gasteiger charge is 2.49. The third-order valence-corrected chi connectivity index (χ3v) is 6.45. The fourth-order valence-electron chi connectivity index (χ4n) is 5.05. The predicted molar refractivity (Wildman–Crippen MR) is 112 cm³/mol. The van der Waals surface area contributed by atoms with E-state index in [1.165, 1.54) is 30.4 Å². The third kappa shape index (κ3) is 4.80. The summed E-state index contributed by atoms with van der Waals surface area (Å²) in [5.41, 5.74) is 2.09. The van der Waals surface area contributed by atoms with Gasteiger partial charge in [0, 0.05) is 23.5 Å². The summed E-state index contributed by atoms with van der Waals surface area (Å²) >= 11 is 0. The molecule has 1 fully saturated rings. The molecule has 3 N–H and O–H groups in total. The van der Waals surface area contributed by atoms with E-state index < -0.39 is 5.60 Å². The standard InChI is InChI=1S/C25H35NO/c1-3-5-6-13-18-25(27)19-23(20-14-9-7-10-15-20)26-24(22(25)4-2)21-16-11-8-12-17-21/h7-12,14-17,22-24,26-27H,3-6,13,18-19H2,1-2H3/p+1/t22-,23+,24+,25+/m0/s1. The monoisotopic (exact) mass is 366 g/mol. The summed E-state index contributed by atoms with van der Waals surface area (Å²) in [6.07, 6.45) is 7.65. The first-order valence-corrected chi connectivity index (χ1v) is 10.8. The van der Waals surface area contributed by atoms with Crippen molar-refractivity contribution in [3.63, 3.8) is 0 Å². The second-order valence-electron chi connectivity index (χ2n) is 8.28. The van der Waals surface area contributed by atoms with Crippen LogP contribution in [0.25, 0.3) is 0 Å². The highest BCUT2D eigenvalue weighted by atomic mass is 16.3. The van der Waals surface area contributed by atoms with Gasteiger partial charge in [0.2, 0.25) is 0 Å². The van der Waals surface area contributed by atoms with Gasteiger partial charge in [-0.25, -0.2) is 0 Å². The van der Waals surface area contributed by atoms with Crippen LogP contribution in [0.3, 0.4) is 0 Å². The van der Waals surface area contributed by atoms with E-state index in [2.05, 4.69) is 79.8 Å². The number of rotatable bonds is 8. The van der Waals surface area contributed by atoms with Crippen LogP contribution in [0.1, 0.15) is 82.0 Å². The van der Waals surface area contributed by atoms with Gasteiger partial charge in [0.1, 0.15) is 12.1 Å². The Bertz CT molecular complexity index is 671. The van der Waals surface area contributed by atoms with Gasteiger partial charge in [0.25, 0.3) is 0 Å². The second-order valence-corrected chi connectivity index (χ2v) is 8.28. The molecule has 2 aromatic carbocycles. The van der Waals surface area contributed by atoms with Crippen LogP contribution in [0.15, 0.2) is 60.7 Å². The Hall–Kier alpha value is -1.64. The van der Waals surface area contributed by atoms with Crippen LogP contribution in [0.2, 0.25) is 0 Å². The molecule has 0 aliphatic carbocycles. The summed E-state index contributed by atoms with van der Waals surface area (Å²) in [5, 5.41) is 14.4. The maximum atomic E-state index is 11.9. The number of hydrogen-bond acceptors (Lipinski definition) is 1. The van der Waals surface area contributed by atoms with Crippen LogP contribution in [0.5, 0.6) is 0 Å². The number of unbranched alkanes of at least 4 members (excludes halogenated alkanes) is 3. The lowest BCUT2D eigenvalue weighted by Crippen LogP contribution is -2.91. The zero-order valence-corrected chi connectivity index (χ0v) is 17.0. The van der Waals surface area contributed by atoms with Gasteiger partial charge in [-0.05, 0) is 12.8 Å². The van der Waals surface area contributed by atoms with E-state index in [0.717, 1.165) is 25.7 Å². The molecule has 0 bridgehead atoms. The first kappa shape index (κ1) is 20.1. The molecule has 1 heterocycles. The van der Waals surface area contributed by atoms with Crippen molar-refractivity contribution in [2.24, 2.45) is 5.92 Å². The summed E-state index contributed by atoms with van der Waals surface area (Å²) in [4.78, 5) is 0. The van der Waals surface area contributed by atoms with Crippen molar-refractivity contribution in [1.29, 1.82) is 0 Å². The van der Waals surface area contributed by atoms with Crippen molar-refractivity contribution < 1.29 is 10.4 Å². The summed E-state index contributed by atoms with van der Waals surface area (Å²) < 4.78 is 0. The SMILES string of the molecule is CCCCCC[C@@]1(O)C[C@H](c2ccccc2)[NH2+][C@H](c2ccccc2)[C@@H]1CC. The lowest BCUT2D eigenvalue weighted by atomic mass is 9.68. The molecule has 146 valence electrons. The van der Waals surface area contributed by atoms with E-state index in [1.54, 1.807) is 0 Å². The Labute approximate surface area is 165 Å². The van der Waals surface area contributed by atoms with E-state index in [0.29, 0.717) is 18.0 Å². The Morgan fingerprint density at radius 3 is 2.11 bits per heavy atom. The minimum Gasteiger partial charge on any atom is -0.389 e. The summed E-state index contributed by atoms with van der Waals surface area (Å²) in [5.74, 6) is 0.293. The molecule has 4 atom stereocenters. The molecule has 1 saturated heterocycles. The van der Waals surface area contributed by atoms with Crippen molar-refractivity contribution in [1.82, 2.24) is 0 Å². The molecular formula is C25H36NO+. The van der Waals surface area contributed by atoms with Gasteiger partial charge in [0.15, 0.2) is 0 Å². The molecule has 3 rings (SSSR count). The van der Waals surface area contributed by atoms with E-state index in [4.69, 9.17) is 0 Å². The predicted octanol–water partition coefficient (Wildman–Crippen LogP) is 5.16. The van der Waals surface area contributed by atoms with E-state index in [1.807, 2.05) is 0 Å². The summed E-state index contributed by atoms with van der Waals surface area (Å²) in [6.45, 7) is 4.49. The molecule has 0 aromatic heterocycles. The van der Waals surface area contributed by atoms with Crippen molar-refractivity contribution in [2.45, 2.75) is 76.5 Å². The highest BCUT2D eigenvalue weighted by molar-refractivity contribution is 5.22. The van der Waals surface area contributed by atoms with E-state index in [-0.39, 0.29) is 0 Å². The number of piperidine rings is 1. The Morgan fingerprint density at radius 1 is 0.889 bits per heavy atom. The van der Waals surface area contributed by atoms with Crippen molar-refractivity contribution >= 4 is 0 Å². The summed E-state index contributed by atoms with van der Waals surface area (Å²) in [7, 11) is 0. The van der Waals surface area contributed by atoms with Gasteiger partial charge >= 0.3 is 0 Å². The smallest absolute Gasteiger partial charge is 0.118 e. The zero-order valence-electron chi connectivity index (χ0n) is 17.0. The number of benzene rings is 2. The van der Waals surface area contributed by atoms with Gasteiger partial charge in [-0.15, -0.1) is 0 Å². The van der Waals surface area contributed by atoms with Crippen molar-refractivity contribution in [3.05, 3.63) is 71.8 Å². The molecule has 0 amide bonds. The van der Waals surface area contributed by atoms with Crippen LogP contribution < -0.4 is 5.32 Å². The van der Waals surface area contributed by atoms with Gasteiger partial charge < -0.3 is 10.4 Å². The quantitative estimate of drug-likeness (QED) is 0.622. The van der Waals surface area contributed by atoms with Crippen LogP contribution in [-0.2, 0) is 0 Å².